The zero-order valence-electron chi connectivity index (χ0n) is 13.4. The molecule has 0 saturated heterocycles. The highest BCUT2D eigenvalue weighted by molar-refractivity contribution is 5.37. The van der Waals surface area contributed by atoms with Gasteiger partial charge in [0.05, 0.1) is 0 Å². The van der Waals surface area contributed by atoms with Crippen LogP contribution in [-0.4, -0.2) is 6.54 Å². The molecule has 1 aliphatic carbocycles. The summed E-state index contributed by atoms with van der Waals surface area (Å²) in [5.74, 6) is 0.677. The number of benzene rings is 1. The van der Waals surface area contributed by atoms with Crippen LogP contribution in [0, 0.1) is 16.7 Å². The van der Waals surface area contributed by atoms with Gasteiger partial charge in [0.15, 0.2) is 0 Å². The second-order valence-corrected chi connectivity index (χ2v) is 7.97. The molecule has 19 heavy (non-hydrogen) atoms. The second-order valence-electron chi connectivity index (χ2n) is 7.97. The van der Waals surface area contributed by atoms with Crippen LogP contribution in [0.25, 0.3) is 0 Å². The third kappa shape index (κ3) is 3.02. The van der Waals surface area contributed by atoms with Crippen LogP contribution in [0.1, 0.15) is 58.7 Å². The smallest absolute Gasteiger partial charge is 0.0377 e. The molecule has 0 aliphatic heterocycles. The summed E-state index contributed by atoms with van der Waals surface area (Å²) in [5, 5.41) is 3.83. The topological polar surface area (TPSA) is 12.0 Å². The molecule has 1 aliphatic rings. The summed E-state index contributed by atoms with van der Waals surface area (Å²) in [6, 6.07) is 9.40. The van der Waals surface area contributed by atoms with Crippen LogP contribution in [-0.2, 0) is 6.42 Å². The summed E-state index contributed by atoms with van der Waals surface area (Å²) < 4.78 is 0. The fourth-order valence-corrected chi connectivity index (χ4v) is 2.98. The van der Waals surface area contributed by atoms with Gasteiger partial charge in [-0.15, -0.1) is 0 Å². The largest absolute Gasteiger partial charge is 0.309 e. The molecule has 1 heteroatoms. The Kier molecular flexibility index (Phi) is 3.79. The molecule has 106 valence electrons. The molecule has 2 atom stereocenters. The Labute approximate surface area is 118 Å². The number of nitrogens with one attached hydrogen (secondary N) is 1. The Bertz CT molecular complexity index is 439. The SMILES string of the molecule is CC(CNC1c2ccccc2CC1(C)C)C(C)(C)C. The Morgan fingerprint density at radius 1 is 1.26 bits per heavy atom. The van der Waals surface area contributed by atoms with Crippen molar-refractivity contribution in [1.29, 1.82) is 0 Å². The van der Waals surface area contributed by atoms with Crippen LogP contribution in [0.15, 0.2) is 24.3 Å². The van der Waals surface area contributed by atoms with Crippen molar-refractivity contribution in [3.8, 4) is 0 Å². The fourth-order valence-electron chi connectivity index (χ4n) is 2.98. The molecule has 1 N–H and O–H groups in total. The van der Waals surface area contributed by atoms with Crippen molar-refractivity contribution in [2.45, 2.75) is 54.0 Å². The van der Waals surface area contributed by atoms with E-state index >= 15 is 0 Å². The molecule has 2 rings (SSSR count). The Balaban J connectivity index is 2.11. The molecule has 0 spiro atoms. The summed E-state index contributed by atoms with van der Waals surface area (Å²) in [7, 11) is 0. The van der Waals surface area contributed by atoms with E-state index < -0.39 is 0 Å². The van der Waals surface area contributed by atoms with E-state index in [1.807, 2.05) is 0 Å². The lowest BCUT2D eigenvalue weighted by Gasteiger charge is -2.33. The molecule has 0 bridgehead atoms. The Morgan fingerprint density at radius 2 is 1.89 bits per heavy atom. The van der Waals surface area contributed by atoms with Gasteiger partial charge >= 0.3 is 0 Å². The molecule has 0 aromatic heterocycles. The molecule has 0 radical (unpaired) electrons. The van der Waals surface area contributed by atoms with Gasteiger partial charge in [-0.2, -0.15) is 0 Å². The highest BCUT2D eigenvalue weighted by Crippen LogP contribution is 2.45. The average Bonchev–Trinajstić information content (AvgIpc) is 2.54. The van der Waals surface area contributed by atoms with E-state index in [9.17, 15) is 0 Å². The standard InChI is InChI=1S/C18H29N/c1-13(17(2,3)4)12-19-16-15-10-8-7-9-14(15)11-18(16,5)6/h7-10,13,16,19H,11-12H2,1-6H3. The first kappa shape index (κ1) is 14.6. The lowest BCUT2D eigenvalue weighted by atomic mass is 9.80. The fraction of sp³-hybridized carbons (Fsp3) is 0.667. The van der Waals surface area contributed by atoms with Crippen LogP contribution in [0.3, 0.4) is 0 Å². The van der Waals surface area contributed by atoms with Crippen LogP contribution < -0.4 is 5.32 Å². The number of fused-ring (bicyclic) bond motifs is 1. The van der Waals surface area contributed by atoms with Gasteiger partial charge < -0.3 is 5.32 Å². The van der Waals surface area contributed by atoms with Gasteiger partial charge in [0, 0.05) is 6.04 Å². The van der Waals surface area contributed by atoms with Gasteiger partial charge in [0.1, 0.15) is 0 Å². The van der Waals surface area contributed by atoms with Crippen molar-refractivity contribution in [3.63, 3.8) is 0 Å². The van der Waals surface area contributed by atoms with Gasteiger partial charge in [-0.3, -0.25) is 0 Å². The molecular weight excluding hydrogens is 230 g/mol. The van der Waals surface area contributed by atoms with Crippen LogP contribution >= 0.6 is 0 Å². The maximum atomic E-state index is 3.83. The molecule has 1 aromatic rings. The van der Waals surface area contributed by atoms with E-state index in [0.717, 1.165) is 6.54 Å². The third-order valence-corrected chi connectivity index (χ3v) is 4.90. The van der Waals surface area contributed by atoms with Gasteiger partial charge in [-0.25, -0.2) is 0 Å². The third-order valence-electron chi connectivity index (χ3n) is 4.90. The molecular formula is C18H29N. The average molecular weight is 259 g/mol. The molecule has 0 amide bonds. The summed E-state index contributed by atoms with van der Waals surface area (Å²) in [6.07, 6.45) is 1.19. The Morgan fingerprint density at radius 3 is 2.53 bits per heavy atom. The lowest BCUT2D eigenvalue weighted by Crippen LogP contribution is -2.37. The molecule has 0 saturated carbocycles. The zero-order chi connectivity index (χ0) is 14.3. The predicted octanol–water partition coefficient (Wildman–Crippen LogP) is 4.58. The second kappa shape index (κ2) is 4.94. The Hall–Kier alpha value is -0.820. The van der Waals surface area contributed by atoms with E-state index in [4.69, 9.17) is 0 Å². The molecule has 2 unspecified atom stereocenters. The number of rotatable bonds is 3. The van der Waals surface area contributed by atoms with Crippen molar-refractivity contribution in [2.24, 2.45) is 16.7 Å². The van der Waals surface area contributed by atoms with Crippen molar-refractivity contribution in [3.05, 3.63) is 35.4 Å². The van der Waals surface area contributed by atoms with E-state index in [1.165, 1.54) is 17.5 Å². The highest BCUT2D eigenvalue weighted by atomic mass is 14.9. The first-order valence-electron chi connectivity index (χ1n) is 7.53. The first-order valence-corrected chi connectivity index (χ1v) is 7.53. The lowest BCUT2D eigenvalue weighted by molar-refractivity contribution is 0.209. The minimum absolute atomic E-state index is 0.321. The predicted molar refractivity (Wildman–Crippen MR) is 83.3 cm³/mol. The monoisotopic (exact) mass is 259 g/mol. The minimum atomic E-state index is 0.321. The van der Waals surface area contributed by atoms with Crippen molar-refractivity contribution >= 4 is 0 Å². The van der Waals surface area contributed by atoms with E-state index in [2.05, 4.69) is 71.1 Å². The molecule has 1 aromatic carbocycles. The van der Waals surface area contributed by atoms with Crippen LogP contribution in [0.5, 0.6) is 0 Å². The highest BCUT2D eigenvalue weighted by Gasteiger charge is 2.38. The van der Waals surface area contributed by atoms with Gasteiger partial charge in [0.25, 0.3) is 0 Å². The van der Waals surface area contributed by atoms with Gasteiger partial charge in [-0.1, -0.05) is 65.8 Å². The summed E-state index contributed by atoms with van der Waals surface area (Å²) >= 11 is 0. The normalized spacial score (nSPS) is 23.2. The quantitative estimate of drug-likeness (QED) is 0.837. The first-order chi connectivity index (χ1) is 8.72. The van der Waals surface area contributed by atoms with E-state index in [1.54, 1.807) is 0 Å². The van der Waals surface area contributed by atoms with Gasteiger partial charge in [0.2, 0.25) is 0 Å². The maximum absolute atomic E-state index is 3.83. The molecule has 0 fully saturated rings. The van der Waals surface area contributed by atoms with Gasteiger partial charge in [-0.05, 0) is 40.8 Å². The molecule has 1 nitrogen and oxygen atoms in total. The zero-order valence-corrected chi connectivity index (χ0v) is 13.4. The van der Waals surface area contributed by atoms with Crippen molar-refractivity contribution < 1.29 is 0 Å². The van der Waals surface area contributed by atoms with Crippen molar-refractivity contribution in [2.75, 3.05) is 6.54 Å². The van der Waals surface area contributed by atoms with Crippen LogP contribution in [0.2, 0.25) is 0 Å². The maximum Gasteiger partial charge on any atom is 0.0377 e. The summed E-state index contributed by atoms with van der Waals surface area (Å²) in [4.78, 5) is 0. The molecule has 0 heterocycles. The van der Waals surface area contributed by atoms with E-state index in [-0.39, 0.29) is 0 Å². The summed E-state index contributed by atoms with van der Waals surface area (Å²) in [6.45, 7) is 15.2. The number of hydrogen-bond acceptors (Lipinski definition) is 1. The van der Waals surface area contributed by atoms with Crippen molar-refractivity contribution in [1.82, 2.24) is 5.32 Å². The summed E-state index contributed by atoms with van der Waals surface area (Å²) in [5.41, 5.74) is 3.72. The number of hydrogen-bond donors (Lipinski definition) is 1. The minimum Gasteiger partial charge on any atom is -0.309 e. The van der Waals surface area contributed by atoms with Crippen LogP contribution in [0.4, 0.5) is 0 Å². The van der Waals surface area contributed by atoms with E-state index in [0.29, 0.717) is 22.8 Å².